The van der Waals surface area contributed by atoms with Crippen LogP contribution in [0.25, 0.3) is 0 Å². The molecule has 106 valence electrons. The lowest BCUT2D eigenvalue weighted by molar-refractivity contribution is -0.130. The van der Waals surface area contributed by atoms with E-state index in [1.165, 1.54) is 17.0 Å². The van der Waals surface area contributed by atoms with Crippen molar-refractivity contribution in [2.45, 2.75) is 26.3 Å². The van der Waals surface area contributed by atoms with Gasteiger partial charge in [0.25, 0.3) is 0 Å². The van der Waals surface area contributed by atoms with E-state index in [-0.39, 0.29) is 12.5 Å². The molecule has 0 radical (unpaired) electrons. The summed E-state index contributed by atoms with van der Waals surface area (Å²) in [7, 11) is 1.61. The van der Waals surface area contributed by atoms with Crippen LogP contribution in [0.1, 0.15) is 25.3 Å². The predicted octanol–water partition coefficient (Wildman–Crippen LogP) is 2.30. The van der Waals surface area contributed by atoms with E-state index in [9.17, 15) is 13.6 Å². The second-order valence-corrected chi connectivity index (χ2v) is 4.87. The molecule has 3 nitrogen and oxygen atoms in total. The molecule has 0 fully saturated rings. The summed E-state index contributed by atoms with van der Waals surface area (Å²) in [6.45, 7) is 2.67. The van der Waals surface area contributed by atoms with Crippen LogP contribution in [0.3, 0.4) is 0 Å². The quantitative estimate of drug-likeness (QED) is 0.862. The van der Waals surface area contributed by atoms with Crippen molar-refractivity contribution in [3.63, 3.8) is 0 Å². The molecule has 0 aromatic heterocycles. The molecule has 0 saturated heterocycles. The van der Waals surface area contributed by atoms with E-state index in [4.69, 9.17) is 5.73 Å². The van der Waals surface area contributed by atoms with Crippen molar-refractivity contribution in [3.8, 4) is 0 Å². The van der Waals surface area contributed by atoms with Crippen LogP contribution < -0.4 is 5.73 Å². The Morgan fingerprint density at radius 2 is 2.11 bits per heavy atom. The van der Waals surface area contributed by atoms with Gasteiger partial charge in [0.05, 0.1) is 0 Å². The fourth-order valence-electron chi connectivity index (χ4n) is 1.67. The molecule has 5 heteroatoms. The highest BCUT2D eigenvalue weighted by Crippen LogP contribution is 2.13. The molecule has 1 unspecified atom stereocenters. The number of nitrogens with zero attached hydrogens (tertiary/aromatic N) is 1. The van der Waals surface area contributed by atoms with Gasteiger partial charge in [0.1, 0.15) is 11.6 Å². The predicted molar refractivity (Wildman–Crippen MR) is 70.3 cm³/mol. The van der Waals surface area contributed by atoms with Crippen molar-refractivity contribution in [3.05, 3.63) is 35.4 Å². The topological polar surface area (TPSA) is 46.3 Å². The van der Waals surface area contributed by atoms with Gasteiger partial charge < -0.3 is 10.6 Å². The van der Waals surface area contributed by atoms with E-state index in [1.54, 1.807) is 7.05 Å². The number of benzene rings is 1. The molecule has 0 aliphatic carbocycles. The van der Waals surface area contributed by atoms with E-state index in [0.717, 1.165) is 6.07 Å². The molecule has 1 aromatic rings. The Balaban J connectivity index is 2.54. The molecule has 1 aromatic carbocycles. The van der Waals surface area contributed by atoms with Gasteiger partial charge in [-0.1, -0.05) is 13.0 Å². The van der Waals surface area contributed by atoms with Gasteiger partial charge in [0.15, 0.2) is 0 Å². The fraction of sp³-hybridized carbons (Fsp3) is 0.500. The minimum atomic E-state index is -0.630. The molecule has 0 bridgehead atoms. The highest BCUT2D eigenvalue weighted by atomic mass is 19.1. The summed E-state index contributed by atoms with van der Waals surface area (Å²) in [4.78, 5) is 13.3. The standard InChI is InChI=1S/C14H20F2N2O/c1-10(8-17)3-6-14(19)18(2)9-11-4-5-12(15)7-13(11)16/h4-5,7,10H,3,6,8-9,17H2,1-2H3. The number of halogens is 2. The van der Waals surface area contributed by atoms with Gasteiger partial charge in [-0.25, -0.2) is 8.78 Å². The first kappa shape index (κ1) is 15.6. The molecule has 1 amide bonds. The lowest BCUT2D eigenvalue weighted by atomic mass is 10.1. The maximum atomic E-state index is 13.4. The molecule has 0 spiro atoms. The van der Waals surface area contributed by atoms with Crippen LogP contribution in [0.15, 0.2) is 18.2 Å². The van der Waals surface area contributed by atoms with Gasteiger partial charge in [0.2, 0.25) is 5.91 Å². The zero-order chi connectivity index (χ0) is 14.4. The van der Waals surface area contributed by atoms with Crippen LogP contribution in [0.5, 0.6) is 0 Å². The molecular weight excluding hydrogens is 250 g/mol. The SMILES string of the molecule is CC(CN)CCC(=O)N(C)Cc1ccc(F)cc1F. The molecule has 0 heterocycles. The normalized spacial score (nSPS) is 12.3. The smallest absolute Gasteiger partial charge is 0.222 e. The van der Waals surface area contributed by atoms with E-state index in [2.05, 4.69) is 0 Å². The van der Waals surface area contributed by atoms with Crippen molar-refractivity contribution in [2.24, 2.45) is 11.7 Å². The molecule has 1 rings (SSSR count). The molecule has 0 aliphatic heterocycles. The van der Waals surface area contributed by atoms with Gasteiger partial charge in [-0.3, -0.25) is 4.79 Å². The van der Waals surface area contributed by atoms with Crippen LogP contribution in [0, 0.1) is 17.6 Å². The molecule has 1 atom stereocenters. The fourth-order valence-corrected chi connectivity index (χ4v) is 1.67. The van der Waals surface area contributed by atoms with Crippen LogP contribution >= 0.6 is 0 Å². The van der Waals surface area contributed by atoms with Gasteiger partial charge in [-0.05, 0) is 24.9 Å². The number of carbonyl (C=O) groups is 1. The number of amides is 1. The Labute approximate surface area is 112 Å². The first-order chi connectivity index (χ1) is 8.93. The van der Waals surface area contributed by atoms with Crippen molar-refractivity contribution in [2.75, 3.05) is 13.6 Å². The zero-order valence-electron chi connectivity index (χ0n) is 11.3. The maximum Gasteiger partial charge on any atom is 0.222 e. The Morgan fingerprint density at radius 1 is 1.42 bits per heavy atom. The van der Waals surface area contributed by atoms with E-state index in [0.29, 0.717) is 30.9 Å². The molecule has 2 N–H and O–H groups in total. The third kappa shape index (κ3) is 4.95. The van der Waals surface area contributed by atoms with Gasteiger partial charge >= 0.3 is 0 Å². The lowest BCUT2D eigenvalue weighted by Gasteiger charge is -2.18. The summed E-state index contributed by atoms with van der Waals surface area (Å²) >= 11 is 0. The highest BCUT2D eigenvalue weighted by molar-refractivity contribution is 5.75. The molecule has 19 heavy (non-hydrogen) atoms. The summed E-state index contributed by atoms with van der Waals surface area (Å²) in [5.74, 6) is -1.02. The Bertz CT molecular complexity index is 437. The monoisotopic (exact) mass is 270 g/mol. The van der Waals surface area contributed by atoms with Gasteiger partial charge in [-0.2, -0.15) is 0 Å². The lowest BCUT2D eigenvalue weighted by Crippen LogP contribution is -2.27. The first-order valence-corrected chi connectivity index (χ1v) is 6.32. The minimum Gasteiger partial charge on any atom is -0.341 e. The number of rotatable bonds is 6. The Morgan fingerprint density at radius 3 is 2.68 bits per heavy atom. The minimum absolute atomic E-state index is 0.0657. The Kier molecular flexibility index (Phi) is 5.89. The maximum absolute atomic E-state index is 13.4. The van der Waals surface area contributed by atoms with Crippen LogP contribution in [0.4, 0.5) is 8.78 Å². The second kappa shape index (κ2) is 7.19. The summed E-state index contributed by atoms with van der Waals surface area (Å²) in [6.07, 6.45) is 1.10. The van der Waals surface area contributed by atoms with Crippen molar-refractivity contribution >= 4 is 5.91 Å². The first-order valence-electron chi connectivity index (χ1n) is 6.32. The molecular formula is C14H20F2N2O. The van der Waals surface area contributed by atoms with Crippen LogP contribution in [0.2, 0.25) is 0 Å². The zero-order valence-corrected chi connectivity index (χ0v) is 11.3. The van der Waals surface area contributed by atoms with Gasteiger partial charge in [-0.15, -0.1) is 0 Å². The van der Waals surface area contributed by atoms with Gasteiger partial charge in [0, 0.05) is 31.6 Å². The number of carbonyl (C=O) groups excluding carboxylic acids is 1. The summed E-state index contributed by atoms with van der Waals surface area (Å²) in [5.41, 5.74) is 5.79. The molecule has 0 saturated carbocycles. The highest BCUT2D eigenvalue weighted by Gasteiger charge is 2.13. The van der Waals surface area contributed by atoms with E-state index < -0.39 is 11.6 Å². The number of hydrogen-bond acceptors (Lipinski definition) is 2. The van der Waals surface area contributed by atoms with Crippen LogP contribution in [-0.4, -0.2) is 24.4 Å². The number of hydrogen-bond donors (Lipinski definition) is 1. The summed E-state index contributed by atoms with van der Waals surface area (Å²) < 4.78 is 26.2. The van der Waals surface area contributed by atoms with Crippen molar-refractivity contribution in [1.82, 2.24) is 4.90 Å². The third-order valence-corrected chi connectivity index (χ3v) is 3.10. The third-order valence-electron chi connectivity index (χ3n) is 3.10. The average Bonchev–Trinajstić information content (AvgIpc) is 2.38. The molecule has 0 aliphatic rings. The second-order valence-electron chi connectivity index (χ2n) is 4.87. The summed E-state index contributed by atoms with van der Waals surface area (Å²) in [5, 5.41) is 0. The van der Waals surface area contributed by atoms with Crippen molar-refractivity contribution in [1.29, 1.82) is 0 Å². The average molecular weight is 270 g/mol. The van der Waals surface area contributed by atoms with E-state index in [1.807, 2.05) is 6.92 Å². The summed E-state index contributed by atoms with van der Waals surface area (Å²) in [6, 6.07) is 3.37. The largest absolute Gasteiger partial charge is 0.341 e. The Hall–Kier alpha value is -1.49. The van der Waals surface area contributed by atoms with E-state index >= 15 is 0 Å². The van der Waals surface area contributed by atoms with Crippen LogP contribution in [-0.2, 0) is 11.3 Å². The number of nitrogens with two attached hydrogens (primary N) is 1. The van der Waals surface area contributed by atoms with Crippen molar-refractivity contribution < 1.29 is 13.6 Å².